The van der Waals surface area contributed by atoms with Crippen LogP contribution >= 0.6 is 0 Å². The summed E-state index contributed by atoms with van der Waals surface area (Å²) < 4.78 is 10.4. The van der Waals surface area contributed by atoms with Crippen LogP contribution in [0.5, 0.6) is 11.5 Å². The number of nitro benzene ring substituents is 1. The van der Waals surface area contributed by atoms with Crippen LogP contribution in [0.25, 0.3) is 0 Å². The molecule has 6 nitrogen and oxygen atoms in total. The predicted molar refractivity (Wildman–Crippen MR) is 63.3 cm³/mol. The van der Waals surface area contributed by atoms with E-state index in [1.807, 2.05) is 0 Å². The van der Waals surface area contributed by atoms with E-state index in [-0.39, 0.29) is 5.69 Å². The summed E-state index contributed by atoms with van der Waals surface area (Å²) in [7, 11) is 1.43. The number of nitrogens with two attached hydrogens (primary N) is 1. The number of benzene rings is 1. The van der Waals surface area contributed by atoms with Gasteiger partial charge >= 0.3 is 0 Å². The highest BCUT2D eigenvalue weighted by Crippen LogP contribution is 2.30. The Morgan fingerprint density at radius 2 is 2.18 bits per heavy atom. The van der Waals surface area contributed by atoms with Gasteiger partial charge < -0.3 is 15.2 Å². The van der Waals surface area contributed by atoms with Crippen LogP contribution in [0.2, 0.25) is 0 Å². The van der Waals surface area contributed by atoms with Gasteiger partial charge in [-0.25, -0.2) is 0 Å². The molecule has 0 amide bonds. The maximum atomic E-state index is 10.6. The van der Waals surface area contributed by atoms with Gasteiger partial charge in [-0.3, -0.25) is 10.1 Å². The minimum atomic E-state index is -0.485. The Hall–Kier alpha value is -2.08. The highest BCUT2D eigenvalue weighted by molar-refractivity contribution is 5.48. The van der Waals surface area contributed by atoms with E-state index in [4.69, 9.17) is 15.2 Å². The van der Waals surface area contributed by atoms with Crippen LogP contribution in [0.4, 0.5) is 5.69 Å². The van der Waals surface area contributed by atoms with Crippen molar-refractivity contribution in [3.05, 3.63) is 40.5 Å². The Balaban J connectivity index is 2.78. The lowest BCUT2D eigenvalue weighted by atomic mass is 10.3. The largest absolute Gasteiger partial charge is 0.493 e. The van der Waals surface area contributed by atoms with Crippen molar-refractivity contribution in [1.82, 2.24) is 0 Å². The number of ether oxygens (including phenoxy) is 2. The number of hydrogen-bond donors (Lipinski definition) is 1. The zero-order valence-corrected chi connectivity index (χ0v) is 9.46. The van der Waals surface area contributed by atoms with E-state index in [0.717, 1.165) is 0 Å². The lowest BCUT2D eigenvalue weighted by Crippen LogP contribution is -1.99. The molecular formula is C11H14N2O4. The average molecular weight is 238 g/mol. The van der Waals surface area contributed by atoms with Gasteiger partial charge in [0.2, 0.25) is 0 Å². The lowest BCUT2D eigenvalue weighted by molar-refractivity contribution is -0.384. The number of methoxy groups -OCH3 is 1. The first-order valence-electron chi connectivity index (χ1n) is 4.99. The molecule has 0 spiro atoms. The van der Waals surface area contributed by atoms with Gasteiger partial charge in [-0.05, 0) is 6.07 Å². The summed E-state index contributed by atoms with van der Waals surface area (Å²) in [6, 6.07) is 4.19. The third kappa shape index (κ3) is 3.76. The Bertz CT molecular complexity index is 418. The minimum Gasteiger partial charge on any atom is -0.493 e. The second-order valence-electron chi connectivity index (χ2n) is 3.11. The molecule has 0 aromatic heterocycles. The standard InChI is InChI=1S/C11H14N2O4/c1-16-11-8-9(13(14)15)4-5-10(11)17-7-3-2-6-12/h2-5,8H,6-7,12H2,1H3. The van der Waals surface area contributed by atoms with Crippen LogP contribution in [0.1, 0.15) is 0 Å². The molecule has 0 bridgehead atoms. The third-order valence-corrected chi connectivity index (χ3v) is 2.00. The number of nitrogens with zero attached hydrogens (tertiary/aromatic N) is 1. The van der Waals surface area contributed by atoms with Gasteiger partial charge in [0.1, 0.15) is 6.61 Å². The van der Waals surface area contributed by atoms with E-state index in [1.165, 1.54) is 25.3 Å². The monoisotopic (exact) mass is 238 g/mol. The van der Waals surface area contributed by atoms with Crippen LogP contribution in [0.3, 0.4) is 0 Å². The van der Waals surface area contributed by atoms with Crippen molar-refractivity contribution in [2.45, 2.75) is 0 Å². The number of non-ortho nitro benzene ring substituents is 1. The molecule has 0 aliphatic carbocycles. The van der Waals surface area contributed by atoms with Gasteiger partial charge in [-0.15, -0.1) is 0 Å². The smallest absolute Gasteiger partial charge is 0.273 e. The van der Waals surface area contributed by atoms with Gasteiger partial charge in [0.05, 0.1) is 18.1 Å². The Labute approximate surface area is 98.8 Å². The summed E-state index contributed by atoms with van der Waals surface area (Å²) in [5.41, 5.74) is 5.24. The van der Waals surface area contributed by atoms with Crippen LogP contribution in [0, 0.1) is 10.1 Å². The van der Waals surface area contributed by atoms with E-state index < -0.39 is 4.92 Å². The Morgan fingerprint density at radius 1 is 1.41 bits per heavy atom. The quantitative estimate of drug-likeness (QED) is 0.461. The van der Waals surface area contributed by atoms with E-state index >= 15 is 0 Å². The van der Waals surface area contributed by atoms with Gasteiger partial charge in [-0.1, -0.05) is 12.2 Å². The highest BCUT2D eigenvalue weighted by Gasteiger charge is 2.11. The third-order valence-electron chi connectivity index (χ3n) is 2.00. The molecule has 92 valence electrons. The van der Waals surface area contributed by atoms with Crippen molar-refractivity contribution < 1.29 is 14.4 Å². The first kappa shape index (κ1) is 13.0. The molecule has 0 saturated heterocycles. The highest BCUT2D eigenvalue weighted by atomic mass is 16.6. The summed E-state index contributed by atoms with van der Waals surface area (Å²) in [5.74, 6) is 0.792. The van der Waals surface area contributed by atoms with E-state index in [2.05, 4.69) is 0 Å². The maximum Gasteiger partial charge on any atom is 0.273 e. The molecule has 0 radical (unpaired) electrons. The van der Waals surface area contributed by atoms with Crippen LogP contribution in [-0.2, 0) is 0 Å². The van der Waals surface area contributed by atoms with Gasteiger partial charge in [0.25, 0.3) is 5.69 Å². The molecular weight excluding hydrogens is 224 g/mol. The first-order valence-corrected chi connectivity index (χ1v) is 4.99. The maximum absolute atomic E-state index is 10.6. The molecule has 1 aromatic rings. The molecule has 0 aliphatic rings. The number of nitro groups is 1. The van der Waals surface area contributed by atoms with Crippen molar-refractivity contribution in [2.75, 3.05) is 20.3 Å². The summed E-state index contributed by atoms with van der Waals surface area (Å²) in [6.45, 7) is 0.784. The number of rotatable bonds is 6. The first-order chi connectivity index (χ1) is 8.19. The molecule has 0 fully saturated rings. The van der Waals surface area contributed by atoms with Crippen LogP contribution < -0.4 is 15.2 Å². The predicted octanol–water partition coefficient (Wildman–Crippen LogP) is 1.50. The normalized spacial score (nSPS) is 10.5. The summed E-state index contributed by atoms with van der Waals surface area (Å²) in [5, 5.41) is 10.6. The molecule has 6 heteroatoms. The fourth-order valence-corrected chi connectivity index (χ4v) is 1.19. The van der Waals surface area contributed by atoms with Gasteiger partial charge in [0, 0.05) is 12.6 Å². The number of hydrogen-bond acceptors (Lipinski definition) is 5. The topological polar surface area (TPSA) is 87.6 Å². The average Bonchev–Trinajstić information content (AvgIpc) is 2.34. The van der Waals surface area contributed by atoms with Crippen LogP contribution in [0.15, 0.2) is 30.4 Å². The van der Waals surface area contributed by atoms with E-state index in [0.29, 0.717) is 24.7 Å². The summed E-state index contributed by atoms with van der Waals surface area (Å²) in [4.78, 5) is 10.1. The molecule has 2 N–H and O–H groups in total. The fourth-order valence-electron chi connectivity index (χ4n) is 1.19. The second kappa shape index (κ2) is 6.49. The van der Waals surface area contributed by atoms with Crippen molar-refractivity contribution in [1.29, 1.82) is 0 Å². The van der Waals surface area contributed by atoms with Gasteiger partial charge in [0.15, 0.2) is 11.5 Å². The zero-order valence-electron chi connectivity index (χ0n) is 9.46. The minimum absolute atomic E-state index is 0.0355. The molecule has 0 heterocycles. The molecule has 1 aromatic carbocycles. The van der Waals surface area contributed by atoms with E-state index in [9.17, 15) is 10.1 Å². The molecule has 0 unspecified atom stereocenters. The van der Waals surface area contributed by atoms with Crippen molar-refractivity contribution in [3.8, 4) is 11.5 Å². The summed E-state index contributed by atoms with van der Waals surface area (Å²) in [6.07, 6.45) is 3.53. The second-order valence-corrected chi connectivity index (χ2v) is 3.11. The SMILES string of the molecule is COc1cc([N+](=O)[O-])ccc1OCC=CCN. The van der Waals surface area contributed by atoms with Gasteiger partial charge in [-0.2, -0.15) is 0 Å². The van der Waals surface area contributed by atoms with Crippen molar-refractivity contribution in [3.63, 3.8) is 0 Å². The van der Waals surface area contributed by atoms with E-state index in [1.54, 1.807) is 12.2 Å². The molecule has 0 saturated carbocycles. The summed E-state index contributed by atoms with van der Waals surface area (Å²) >= 11 is 0. The Kier molecular flexibility index (Phi) is 4.96. The van der Waals surface area contributed by atoms with Crippen LogP contribution in [-0.4, -0.2) is 25.2 Å². The molecule has 17 heavy (non-hydrogen) atoms. The Morgan fingerprint density at radius 3 is 2.76 bits per heavy atom. The zero-order chi connectivity index (χ0) is 12.7. The fraction of sp³-hybridized carbons (Fsp3) is 0.273. The molecule has 1 rings (SSSR count). The van der Waals surface area contributed by atoms with Crippen molar-refractivity contribution in [2.24, 2.45) is 5.73 Å². The lowest BCUT2D eigenvalue weighted by Gasteiger charge is -2.08. The van der Waals surface area contributed by atoms with Crippen molar-refractivity contribution >= 4 is 5.69 Å². The molecule has 0 aliphatic heterocycles. The molecule has 0 atom stereocenters.